The second kappa shape index (κ2) is 5.39. The standard InChI is InChI=1S/C16H19NO2/c1-10-7-13(5-6-15(18)19-4)16-14(8-10)11(2)9-12(3)17-16/h7-9H,5-6H2,1-4H3. The van der Waals surface area contributed by atoms with Crippen molar-refractivity contribution >= 4 is 16.9 Å². The van der Waals surface area contributed by atoms with Crippen LogP contribution in [0.25, 0.3) is 10.9 Å². The Labute approximate surface area is 113 Å². The van der Waals surface area contributed by atoms with E-state index in [4.69, 9.17) is 4.74 Å². The van der Waals surface area contributed by atoms with E-state index in [0.29, 0.717) is 12.8 Å². The van der Waals surface area contributed by atoms with Crippen LogP contribution < -0.4 is 0 Å². The van der Waals surface area contributed by atoms with Gasteiger partial charge in [0.2, 0.25) is 0 Å². The molecule has 0 bridgehead atoms. The lowest BCUT2D eigenvalue weighted by molar-refractivity contribution is -0.140. The highest BCUT2D eigenvalue weighted by atomic mass is 16.5. The van der Waals surface area contributed by atoms with Crippen molar-refractivity contribution in [2.24, 2.45) is 0 Å². The molecule has 0 saturated carbocycles. The number of nitrogens with zero attached hydrogens (tertiary/aromatic N) is 1. The zero-order chi connectivity index (χ0) is 14.0. The molecule has 0 amide bonds. The highest BCUT2D eigenvalue weighted by Crippen LogP contribution is 2.24. The summed E-state index contributed by atoms with van der Waals surface area (Å²) in [5.41, 5.74) is 5.55. The van der Waals surface area contributed by atoms with Gasteiger partial charge in [-0.15, -0.1) is 0 Å². The predicted octanol–water partition coefficient (Wildman–Crippen LogP) is 3.27. The average Bonchev–Trinajstić information content (AvgIpc) is 2.36. The van der Waals surface area contributed by atoms with Gasteiger partial charge in [0.15, 0.2) is 0 Å². The molecule has 0 aliphatic carbocycles. The maximum absolute atomic E-state index is 11.3. The van der Waals surface area contributed by atoms with Gasteiger partial charge in [0, 0.05) is 17.5 Å². The van der Waals surface area contributed by atoms with Gasteiger partial charge < -0.3 is 4.74 Å². The minimum Gasteiger partial charge on any atom is -0.469 e. The van der Waals surface area contributed by atoms with E-state index in [1.165, 1.54) is 23.6 Å². The fourth-order valence-electron chi connectivity index (χ4n) is 2.42. The summed E-state index contributed by atoms with van der Waals surface area (Å²) in [4.78, 5) is 15.9. The van der Waals surface area contributed by atoms with E-state index in [1.54, 1.807) is 0 Å². The van der Waals surface area contributed by atoms with Crippen LogP contribution in [-0.4, -0.2) is 18.1 Å². The predicted molar refractivity (Wildman–Crippen MR) is 76.3 cm³/mol. The zero-order valence-corrected chi connectivity index (χ0v) is 11.9. The molecule has 3 nitrogen and oxygen atoms in total. The number of methoxy groups -OCH3 is 1. The number of pyridine rings is 1. The second-order valence-electron chi connectivity index (χ2n) is 4.98. The van der Waals surface area contributed by atoms with Crippen molar-refractivity contribution in [3.8, 4) is 0 Å². The minimum absolute atomic E-state index is 0.181. The van der Waals surface area contributed by atoms with Crippen LogP contribution in [0.2, 0.25) is 0 Å². The fourth-order valence-corrected chi connectivity index (χ4v) is 2.42. The van der Waals surface area contributed by atoms with Crippen LogP contribution >= 0.6 is 0 Å². The number of esters is 1. The van der Waals surface area contributed by atoms with Crippen molar-refractivity contribution in [2.45, 2.75) is 33.6 Å². The van der Waals surface area contributed by atoms with Gasteiger partial charge in [-0.05, 0) is 50.5 Å². The maximum atomic E-state index is 11.3. The summed E-state index contributed by atoms with van der Waals surface area (Å²) in [5, 5.41) is 1.17. The molecule has 1 aromatic carbocycles. The highest BCUT2D eigenvalue weighted by Gasteiger charge is 2.09. The molecule has 1 aromatic heterocycles. The molecule has 0 unspecified atom stereocenters. The number of fused-ring (bicyclic) bond motifs is 1. The molecule has 0 N–H and O–H groups in total. The fraction of sp³-hybridized carbons (Fsp3) is 0.375. The van der Waals surface area contributed by atoms with Gasteiger partial charge in [0.25, 0.3) is 0 Å². The number of hydrogen-bond acceptors (Lipinski definition) is 3. The summed E-state index contributed by atoms with van der Waals surface area (Å²) < 4.78 is 4.70. The number of carbonyl (C=O) groups is 1. The molecule has 2 rings (SSSR count). The molecule has 19 heavy (non-hydrogen) atoms. The largest absolute Gasteiger partial charge is 0.469 e. The summed E-state index contributed by atoms with van der Waals surface area (Å²) in [6, 6.07) is 6.35. The van der Waals surface area contributed by atoms with Crippen molar-refractivity contribution in [1.82, 2.24) is 4.98 Å². The van der Waals surface area contributed by atoms with Gasteiger partial charge >= 0.3 is 5.97 Å². The van der Waals surface area contributed by atoms with Crippen molar-refractivity contribution in [1.29, 1.82) is 0 Å². The second-order valence-corrected chi connectivity index (χ2v) is 4.98. The van der Waals surface area contributed by atoms with Crippen molar-refractivity contribution in [3.05, 3.63) is 40.6 Å². The third-order valence-corrected chi connectivity index (χ3v) is 3.30. The number of aromatic nitrogens is 1. The molecule has 1 heterocycles. The molecule has 0 radical (unpaired) electrons. The van der Waals surface area contributed by atoms with Crippen LogP contribution in [-0.2, 0) is 16.0 Å². The first kappa shape index (κ1) is 13.5. The van der Waals surface area contributed by atoms with Gasteiger partial charge in [-0.2, -0.15) is 0 Å². The van der Waals surface area contributed by atoms with Gasteiger partial charge in [-0.25, -0.2) is 0 Å². The monoisotopic (exact) mass is 257 g/mol. The Hall–Kier alpha value is -1.90. The van der Waals surface area contributed by atoms with Crippen molar-refractivity contribution in [3.63, 3.8) is 0 Å². The SMILES string of the molecule is COC(=O)CCc1cc(C)cc2c(C)cc(C)nc12. The van der Waals surface area contributed by atoms with E-state index in [2.05, 4.69) is 37.0 Å². The Balaban J connectivity index is 2.50. The molecule has 0 saturated heterocycles. The number of carbonyl (C=O) groups excluding carboxylic acids is 1. The molecule has 0 spiro atoms. The summed E-state index contributed by atoms with van der Waals surface area (Å²) in [6.07, 6.45) is 1.06. The maximum Gasteiger partial charge on any atom is 0.305 e. The summed E-state index contributed by atoms with van der Waals surface area (Å²) >= 11 is 0. The molecule has 3 heteroatoms. The average molecular weight is 257 g/mol. The van der Waals surface area contributed by atoms with Gasteiger partial charge in [-0.3, -0.25) is 9.78 Å². The summed E-state index contributed by atoms with van der Waals surface area (Å²) in [7, 11) is 1.42. The van der Waals surface area contributed by atoms with Gasteiger partial charge in [0.1, 0.15) is 0 Å². The number of benzene rings is 1. The molecule has 100 valence electrons. The molecule has 2 aromatic rings. The van der Waals surface area contributed by atoms with E-state index >= 15 is 0 Å². The zero-order valence-electron chi connectivity index (χ0n) is 11.9. The first-order chi connectivity index (χ1) is 9.01. The van der Waals surface area contributed by atoms with Gasteiger partial charge in [-0.1, -0.05) is 11.6 Å². The van der Waals surface area contributed by atoms with Crippen LogP contribution in [0.5, 0.6) is 0 Å². The molecule has 0 aliphatic heterocycles. The van der Waals surface area contributed by atoms with E-state index in [-0.39, 0.29) is 5.97 Å². The number of aryl methyl sites for hydroxylation is 4. The van der Waals surface area contributed by atoms with Crippen LogP contribution in [0.1, 0.15) is 28.8 Å². The lowest BCUT2D eigenvalue weighted by Crippen LogP contribution is -2.03. The number of ether oxygens (including phenoxy) is 1. The molecule has 0 fully saturated rings. The molecular weight excluding hydrogens is 238 g/mol. The van der Waals surface area contributed by atoms with Crippen LogP contribution in [0.4, 0.5) is 0 Å². The third-order valence-electron chi connectivity index (χ3n) is 3.30. The third kappa shape index (κ3) is 2.92. The number of rotatable bonds is 3. The first-order valence-corrected chi connectivity index (χ1v) is 6.45. The Bertz CT molecular complexity index is 632. The van der Waals surface area contributed by atoms with E-state index in [0.717, 1.165) is 16.8 Å². The topological polar surface area (TPSA) is 39.2 Å². The van der Waals surface area contributed by atoms with Crippen LogP contribution in [0.3, 0.4) is 0 Å². The van der Waals surface area contributed by atoms with Crippen LogP contribution in [0, 0.1) is 20.8 Å². The quantitative estimate of drug-likeness (QED) is 0.792. The normalized spacial score (nSPS) is 10.7. The van der Waals surface area contributed by atoms with Crippen LogP contribution in [0.15, 0.2) is 18.2 Å². The van der Waals surface area contributed by atoms with E-state index in [1.807, 2.05) is 6.92 Å². The Kier molecular flexibility index (Phi) is 3.84. The first-order valence-electron chi connectivity index (χ1n) is 6.45. The Morgan fingerprint density at radius 2 is 1.95 bits per heavy atom. The summed E-state index contributed by atoms with van der Waals surface area (Å²) in [6.45, 7) is 6.16. The molecule has 0 atom stereocenters. The lowest BCUT2D eigenvalue weighted by Gasteiger charge is -2.10. The van der Waals surface area contributed by atoms with Crippen molar-refractivity contribution < 1.29 is 9.53 Å². The Morgan fingerprint density at radius 3 is 2.63 bits per heavy atom. The Morgan fingerprint density at radius 1 is 1.21 bits per heavy atom. The minimum atomic E-state index is -0.181. The molecular formula is C16H19NO2. The van der Waals surface area contributed by atoms with E-state index < -0.39 is 0 Å². The smallest absolute Gasteiger partial charge is 0.305 e. The highest BCUT2D eigenvalue weighted by molar-refractivity contribution is 5.86. The summed E-state index contributed by atoms with van der Waals surface area (Å²) in [5.74, 6) is -0.181. The lowest BCUT2D eigenvalue weighted by atomic mass is 9.99. The molecule has 0 aliphatic rings. The van der Waals surface area contributed by atoms with Crippen molar-refractivity contribution in [2.75, 3.05) is 7.11 Å². The van der Waals surface area contributed by atoms with E-state index in [9.17, 15) is 4.79 Å². The van der Waals surface area contributed by atoms with Gasteiger partial charge in [0.05, 0.1) is 12.6 Å². The number of hydrogen-bond donors (Lipinski definition) is 0.